The van der Waals surface area contributed by atoms with Crippen molar-refractivity contribution in [2.24, 2.45) is 5.92 Å². The van der Waals surface area contributed by atoms with Gasteiger partial charge in [-0.1, -0.05) is 11.6 Å². The van der Waals surface area contributed by atoms with Crippen LogP contribution in [0.5, 0.6) is 5.75 Å². The Morgan fingerprint density at radius 2 is 2.19 bits per heavy atom. The fraction of sp³-hybridized carbons (Fsp3) is 0.429. The third kappa shape index (κ3) is 4.32. The summed E-state index contributed by atoms with van der Waals surface area (Å²) in [6.07, 6.45) is 1.63. The van der Waals surface area contributed by atoms with Crippen molar-refractivity contribution in [3.63, 3.8) is 0 Å². The third-order valence-corrected chi connectivity index (χ3v) is 3.70. The van der Waals surface area contributed by atoms with Gasteiger partial charge in [0.1, 0.15) is 11.6 Å². The summed E-state index contributed by atoms with van der Waals surface area (Å²) in [4.78, 5) is 22.6. The summed E-state index contributed by atoms with van der Waals surface area (Å²) in [5, 5.41) is 11.7. The molecule has 5 nitrogen and oxygen atoms in total. The van der Waals surface area contributed by atoms with E-state index in [4.69, 9.17) is 21.4 Å². The lowest BCUT2D eigenvalue weighted by atomic mass is 10.1. The summed E-state index contributed by atoms with van der Waals surface area (Å²) in [5.74, 6) is -1.85. The summed E-state index contributed by atoms with van der Waals surface area (Å²) in [5.41, 5.74) is 0. The highest BCUT2D eigenvalue weighted by Gasteiger charge is 2.30. The van der Waals surface area contributed by atoms with E-state index in [0.29, 0.717) is 19.3 Å². The van der Waals surface area contributed by atoms with Gasteiger partial charge in [0, 0.05) is 6.04 Å². The molecule has 0 saturated heterocycles. The molecule has 0 aromatic heterocycles. The van der Waals surface area contributed by atoms with Crippen LogP contribution < -0.4 is 10.1 Å². The van der Waals surface area contributed by atoms with Gasteiger partial charge in [0.25, 0.3) is 5.91 Å². The molecule has 21 heavy (non-hydrogen) atoms. The Morgan fingerprint density at radius 1 is 1.43 bits per heavy atom. The Bertz CT molecular complexity index is 552. The molecule has 2 atom stereocenters. The zero-order valence-corrected chi connectivity index (χ0v) is 11.9. The molecule has 0 unspecified atom stereocenters. The van der Waals surface area contributed by atoms with Crippen LogP contribution >= 0.6 is 11.6 Å². The van der Waals surface area contributed by atoms with E-state index in [0.717, 1.165) is 6.07 Å². The lowest BCUT2D eigenvalue weighted by Gasteiger charge is -2.13. The van der Waals surface area contributed by atoms with Gasteiger partial charge in [-0.15, -0.1) is 0 Å². The first-order valence-corrected chi connectivity index (χ1v) is 6.93. The fourth-order valence-corrected chi connectivity index (χ4v) is 2.56. The second-order valence-corrected chi connectivity index (χ2v) is 5.38. The zero-order valence-electron chi connectivity index (χ0n) is 11.1. The van der Waals surface area contributed by atoms with Crippen LogP contribution in [0.2, 0.25) is 5.02 Å². The number of ether oxygens (including phenoxy) is 1. The predicted molar refractivity (Wildman–Crippen MR) is 73.8 cm³/mol. The van der Waals surface area contributed by atoms with E-state index >= 15 is 0 Å². The van der Waals surface area contributed by atoms with Gasteiger partial charge in [-0.2, -0.15) is 0 Å². The standard InChI is InChI=1S/C14H15ClFNO4/c15-11-6-9(16)2-4-12(11)21-7-13(18)17-10-3-1-8(5-10)14(19)20/h2,4,6,8,10H,1,3,5,7H2,(H,17,18)(H,19,20)/t8-,10+/m1/s1. The van der Waals surface area contributed by atoms with E-state index in [1.54, 1.807) is 0 Å². The topological polar surface area (TPSA) is 75.6 Å². The molecule has 0 bridgehead atoms. The number of benzene rings is 1. The Hall–Kier alpha value is -1.82. The molecule has 1 amide bonds. The molecular formula is C14H15ClFNO4. The lowest BCUT2D eigenvalue weighted by molar-refractivity contribution is -0.141. The molecule has 1 fully saturated rings. The van der Waals surface area contributed by atoms with Crippen LogP contribution in [-0.4, -0.2) is 29.6 Å². The molecule has 1 aliphatic rings. The van der Waals surface area contributed by atoms with Gasteiger partial charge in [-0.25, -0.2) is 4.39 Å². The molecule has 7 heteroatoms. The average molecular weight is 316 g/mol. The van der Waals surface area contributed by atoms with E-state index in [2.05, 4.69) is 5.32 Å². The number of hydrogen-bond donors (Lipinski definition) is 2. The number of carboxylic acids is 1. The lowest BCUT2D eigenvalue weighted by Crippen LogP contribution is -2.36. The summed E-state index contributed by atoms with van der Waals surface area (Å²) < 4.78 is 18.1. The number of carbonyl (C=O) groups is 2. The highest BCUT2D eigenvalue weighted by atomic mass is 35.5. The third-order valence-electron chi connectivity index (χ3n) is 3.40. The number of carboxylic acid groups (broad SMARTS) is 1. The minimum Gasteiger partial charge on any atom is -0.482 e. The van der Waals surface area contributed by atoms with Gasteiger partial charge in [-0.3, -0.25) is 9.59 Å². The molecule has 0 aliphatic heterocycles. The molecule has 2 N–H and O–H groups in total. The van der Waals surface area contributed by atoms with Gasteiger partial charge in [0.05, 0.1) is 10.9 Å². The van der Waals surface area contributed by atoms with Crippen molar-refractivity contribution in [3.05, 3.63) is 29.0 Å². The second-order valence-electron chi connectivity index (χ2n) is 4.98. The molecule has 1 aromatic carbocycles. The van der Waals surface area contributed by atoms with Crippen molar-refractivity contribution in [3.8, 4) is 5.75 Å². The van der Waals surface area contributed by atoms with E-state index in [-0.39, 0.29) is 29.3 Å². The smallest absolute Gasteiger partial charge is 0.306 e. The molecule has 0 heterocycles. The number of hydrogen-bond acceptors (Lipinski definition) is 3. The van der Waals surface area contributed by atoms with Gasteiger partial charge < -0.3 is 15.2 Å². The van der Waals surface area contributed by atoms with E-state index in [1.807, 2.05) is 0 Å². The predicted octanol–water partition coefficient (Wildman–Crippen LogP) is 2.23. The van der Waals surface area contributed by atoms with Crippen LogP contribution in [0.1, 0.15) is 19.3 Å². The monoisotopic (exact) mass is 315 g/mol. The normalized spacial score (nSPS) is 21.0. The Morgan fingerprint density at radius 3 is 2.81 bits per heavy atom. The molecule has 1 saturated carbocycles. The Balaban J connectivity index is 1.79. The summed E-state index contributed by atoms with van der Waals surface area (Å²) in [6, 6.07) is 3.49. The first-order chi connectivity index (χ1) is 9.95. The number of aliphatic carboxylic acids is 1. The van der Waals surface area contributed by atoms with E-state index in [1.165, 1.54) is 12.1 Å². The fourth-order valence-electron chi connectivity index (χ4n) is 2.34. The maximum Gasteiger partial charge on any atom is 0.306 e. The van der Waals surface area contributed by atoms with Crippen molar-refractivity contribution in [1.29, 1.82) is 0 Å². The number of rotatable bonds is 5. The highest BCUT2D eigenvalue weighted by molar-refractivity contribution is 6.32. The molecule has 0 radical (unpaired) electrons. The maximum absolute atomic E-state index is 12.9. The number of halogens is 2. The summed E-state index contributed by atoms with van der Waals surface area (Å²) >= 11 is 5.78. The molecule has 0 spiro atoms. The van der Waals surface area contributed by atoms with Gasteiger partial charge in [0.2, 0.25) is 0 Å². The molecule has 2 rings (SSSR count). The van der Waals surface area contributed by atoms with Gasteiger partial charge in [-0.05, 0) is 37.5 Å². The van der Waals surface area contributed by atoms with Crippen LogP contribution in [0, 0.1) is 11.7 Å². The first-order valence-electron chi connectivity index (χ1n) is 6.55. The number of carbonyl (C=O) groups excluding carboxylic acids is 1. The zero-order chi connectivity index (χ0) is 15.4. The number of nitrogens with one attached hydrogen (secondary N) is 1. The summed E-state index contributed by atoms with van der Waals surface area (Å²) in [6.45, 7) is -0.250. The van der Waals surface area contributed by atoms with Crippen molar-refractivity contribution in [2.45, 2.75) is 25.3 Å². The van der Waals surface area contributed by atoms with Crippen LogP contribution in [-0.2, 0) is 9.59 Å². The van der Waals surface area contributed by atoms with Crippen LogP contribution in [0.25, 0.3) is 0 Å². The van der Waals surface area contributed by atoms with Crippen LogP contribution in [0.4, 0.5) is 4.39 Å². The van der Waals surface area contributed by atoms with Crippen molar-refractivity contribution >= 4 is 23.5 Å². The largest absolute Gasteiger partial charge is 0.482 e. The quantitative estimate of drug-likeness (QED) is 0.873. The average Bonchev–Trinajstić information content (AvgIpc) is 2.86. The minimum absolute atomic E-state index is 0.0922. The maximum atomic E-state index is 12.9. The number of amides is 1. The highest BCUT2D eigenvalue weighted by Crippen LogP contribution is 2.26. The second kappa shape index (κ2) is 6.76. The molecule has 1 aromatic rings. The Kier molecular flexibility index (Phi) is 5.01. The van der Waals surface area contributed by atoms with Gasteiger partial charge >= 0.3 is 5.97 Å². The van der Waals surface area contributed by atoms with Gasteiger partial charge in [0.15, 0.2) is 6.61 Å². The molecule has 114 valence electrons. The van der Waals surface area contributed by atoms with Crippen LogP contribution in [0.15, 0.2) is 18.2 Å². The van der Waals surface area contributed by atoms with E-state index < -0.39 is 17.7 Å². The molecule has 1 aliphatic carbocycles. The SMILES string of the molecule is O=C(COc1ccc(F)cc1Cl)N[C@H]1CC[C@@H](C(=O)O)C1. The minimum atomic E-state index is -0.832. The Labute approximate surface area is 126 Å². The van der Waals surface area contributed by atoms with Crippen molar-refractivity contribution in [1.82, 2.24) is 5.32 Å². The van der Waals surface area contributed by atoms with Crippen molar-refractivity contribution in [2.75, 3.05) is 6.61 Å². The van der Waals surface area contributed by atoms with Crippen LogP contribution in [0.3, 0.4) is 0 Å². The van der Waals surface area contributed by atoms with Crippen molar-refractivity contribution < 1.29 is 23.8 Å². The first kappa shape index (κ1) is 15.6. The summed E-state index contributed by atoms with van der Waals surface area (Å²) in [7, 11) is 0. The van der Waals surface area contributed by atoms with E-state index in [9.17, 15) is 14.0 Å². The molecular weight excluding hydrogens is 301 g/mol.